The van der Waals surface area contributed by atoms with Gasteiger partial charge in [0.05, 0.1) is 11.6 Å². The molecular formula is C11H13BrClN3O. The summed E-state index contributed by atoms with van der Waals surface area (Å²) in [5.41, 5.74) is 6.19. The Morgan fingerprint density at radius 1 is 1.65 bits per heavy atom. The van der Waals surface area contributed by atoms with Gasteiger partial charge in [-0.25, -0.2) is 4.98 Å². The molecule has 2 N–H and O–H groups in total. The quantitative estimate of drug-likeness (QED) is 0.865. The zero-order valence-corrected chi connectivity index (χ0v) is 11.5. The van der Waals surface area contributed by atoms with E-state index in [-0.39, 0.29) is 11.8 Å². The molecule has 17 heavy (non-hydrogen) atoms. The molecule has 2 rings (SSSR count). The van der Waals surface area contributed by atoms with Crippen molar-refractivity contribution in [1.29, 1.82) is 0 Å². The van der Waals surface area contributed by atoms with Crippen LogP contribution in [0, 0.1) is 5.92 Å². The molecular weight excluding hydrogens is 305 g/mol. The number of nitrogens with zero attached hydrogens (tertiary/aromatic N) is 2. The van der Waals surface area contributed by atoms with Crippen molar-refractivity contribution in [3.8, 4) is 0 Å². The van der Waals surface area contributed by atoms with Crippen LogP contribution in [0.15, 0.2) is 16.6 Å². The van der Waals surface area contributed by atoms with Gasteiger partial charge in [-0.2, -0.15) is 0 Å². The lowest BCUT2D eigenvalue weighted by molar-refractivity contribution is -0.121. The second-order valence-electron chi connectivity index (χ2n) is 4.19. The van der Waals surface area contributed by atoms with Crippen LogP contribution in [0.2, 0.25) is 5.15 Å². The smallest absolute Gasteiger partial charge is 0.221 e. The molecule has 6 heteroatoms. The zero-order chi connectivity index (χ0) is 12.4. The third kappa shape index (κ3) is 3.18. The Morgan fingerprint density at radius 2 is 2.41 bits per heavy atom. The molecule has 1 unspecified atom stereocenters. The highest BCUT2D eigenvalue weighted by Crippen LogP contribution is 2.22. The molecule has 92 valence electrons. The molecule has 0 bridgehead atoms. The van der Waals surface area contributed by atoms with Crippen molar-refractivity contribution < 1.29 is 4.79 Å². The van der Waals surface area contributed by atoms with Crippen LogP contribution < -0.4 is 5.73 Å². The normalized spacial score (nSPS) is 20.7. The number of likely N-dealkylation sites (tertiary alicyclic amines) is 1. The predicted molar refractivity (Wildman–Crippen MR) is 69.5 cm³/mol. The first-order chi connectivity index (χ1) is 8.06. The maximum absolute atomic E-state index is 11.1. The topological polar surface area (TPSA) is 59.2 Å². The van der Waals surface area contributed by atoms with Gasteiger partial charge in [-0.1, -0.05) is 11.6 Å². The van der Waals surface area contributed by atoms with Gasteiger partial charge in [0.15, 0.2) is 0 Å². The Hall–Kier alpha value is -0.650. The SMILES string of the molecule is NC(=O)C1CCN(Cc2nc(Cl)ccc2Br)C1. The Labute approximate surface area is 113 Å². The van der Waals surface area contributed by atoms with Gasteiger partial charge in [0, 0.05) is 17.6 Å². The van der Waals surface area contributed by atoms with Gasteiger partial charge in [-0.05, 0) is 41.0 Å². The van der Waals surface area contributed by atoms with Crippen LogP contribution in [0.4, 0.5) is 0 Å². The van der Waals surface area contributed by atoms with E-state index in [1.54, 1.807) is 6.07 Å². The van der Waals surface area contributed by atoms with Crippen LogP contribution in [0.1, 0.15) is 12.1 Å². The van der Waals surface area contributed by atoms with E-state index in [2.05, 4.69) is 25.8 Å². The molecule has 0 aromatic carbocycles. The molecule has 1 aromatic heterocycles. The van der Waals surface area contributed by atoms with E-state index in [0.29, 0.717) is 18.2 Å². The van der Waals surface area contributed by atoms with Crippen molar-refractivity contribution in [3.63, 3.8) is 0 Å². The molecule has 1 atom stereocenters. The highest BCUT2D eigenvalue weighted by molar-refractivity contribution is 9.10. The highest BCUT2D eigenvalue weighted by Gasteiger charge is 2.27. The van der Waals surface area contributed by atoms with Gasteiger partial charge in [0.25, 0.3) is 0 Å². The number of halogens is 2. The maximum atomic E-state index is 11.1. The molecule has 1 saturated heterocycles. The average molecular weight is 319 g/mol. The molecule has 4 nitrogen and oxygen atoms in total. The first kappa shape index (κ1) is 12.8. The van der Waals surface area contributed by atoms with Gasteiger partial charge >= 0.3 is 0 Å². The number of aromatic nitrogens is 1. The minimum absolute atomic E-state index is 0.0343. The van der Waals surface area contributed by atoms with E-state index in [0.717, 1.165) is 23.1 Å². The number of amides is 1. The molecule has 0 radical (unpaired) electrons. The van der Waals surface area contributed by atoms with E-state index in [9.17, 15) is 4.79 Å². The first-order valence-corrected chi connectivity index (χ1v) is 6.56. The number of carbonyl (C=O) groups excluding carboxylic acids is 1. The Morgan fingerprint density at radius 3 is 3.06 bits per heavy atom. The van der Waals surface area contributed by atoms with Crippen LogP contribution in [-0.2, 0) is 11.3 Å². The number of nitrogens with two attached hydrogens (primary N) is 1. The Kier molecular flexibility index (Phi) is 4.01. The van der Waals surface area contributed by atoms with Gasteiger partial charge in [0.1, 0.15) is 5.15 Å². The maximum Gasteiger partial charge on any atom is 0.221 e. The number of primary amides is 1. The summed E-state index contributed by atoms with van der Waals surface area (Å²) in [5.74, 6) is -0.251. The van der Waals surface area contributed by atoms with Crippen molar-refractivity contribution in [1.82, 2.24) is 9.88 Å². The summed E-state index contributed by atoms with van der Waals surface area (Å²) in [7, 11) is 0. The third-order valence-electron chi connectivity index (χ3n) is 2.93. The summed E-state index contributed by atoms with van der Waals surface area (Å²) < 4.78 is 0.935. The highest BCUT2D eigenvalue weighted by atomic mass is 79.9. The van der Waals surface area contributed by atoms with Crippen LogP contribution in [-0.4, -0.2) is 28.9 Å². The first-order valence-electron chi connectivity index (χ1n) is 5.39. The molecule has 0 spiro atoms. The monoisotopic (exact) mass is 317 g/mol. The van der Waals surface area contributed by atoms with Crippen LogP contribution in [0.25, 0.3) is 0 Å². The summed E-state index contributed by atoms with van der Waals surface area (Å²) in [5, 5.41) is 0.480. The van der Waals surface area contributed by atoms with Crippen molar-refractivity contribution >= 4 is 33.4 Å². The van der Waals surface area contributed by atoms with E-state index in [1.165, 1.54) is 0 Å². The molecule has 1 aliphatic heterocycles. The molecule has 1 amide bonds. The van der Waals surface area contributed by atoms with Gasteiger partial charge in [0.2, 0.25) is 5.91 Å². The fourth-order valence-corrected chi connectivity index (χ4v) is 2.50. The predicted octanol–water partition coefficient (Wildman–Crippen LogP) is 1.80. The number of hydrogen-bond acceptors (Lipinski definition) is 3. The molecule has 0 aliphatic carbocycles. The summed E-state index contributed by atoms with van der Waals surface area (Å²) in [6, 6.07) is 3.62. The van der Waals surface area contributed by atoms with Crippen LogP contribution in [0.3, 0.4) is 0 Å². The molecule has 1 aromatic rings. The Balaban J connectivity index is 2.02. The molecule has 0 saturated carbocycles. The Bertz CT molecular complexity index is 441. The van der Waals surface area contributed by atoms with Crippen molar-refractivity contribution in [2.24, 2.45) is 11.7 Å². The second-order valence-corrected chi connectivity index (χ2v) is 5.43. The second kappa shape index (κ2) is 5.33. The number of rotatable bonds is 3. The molecule has 1 aliphatic rings. The minimum atomic E-state index is -0.217. The number of hydrogen-bond donors (Lipinski definition) is 1. The van der Waals surface area contributed by atoms with E-state index >= 15 is 0 Å². The van der Waals surface area contributed by atoms with E-state index in [4.69, 9.17) is 17.3 Å². The fraction of sp³-hybridized carbons (Fsp3) is 0.455. The zero-order valence-electron chi connectivity index (χ0n) is 9.20. The lowest BCUT2D eigenvalue weighted by Gasteiger charge is -2.15. The van der Waals surface area contributed by atoms with Gasteiger partial charge in [-0.15, -0.1) is 0 Å². The number of carbonyl (C=O) groups is 1. The fourth-order valence-electron chi connectivity index (χ4n) is 1.99. The summed E-state index contributed by atoms with van der Waals surface area (Å²) >= 11 is 9.30. The summed E-state index contributed by atoms with van der Waals surface area (Å²) in [6.45, 7) is 2.26. The molecule has 1 fully saturated rings. The van der Waals surface area contributed by atoms with Gasteiger partial charge in [-0.3, -0.25) is 9.69 Å². The van der Waals surface area contributed by atoms with Gasteiger partial charge < -0.3 is 5.73 Å². The summed E-state index contributed by atoms with van der Waals surface area (Å²) in [6.07, 6.45) is 0.827. The van der Waals surface area contributed by atoms with Crippen LogP contribution >= 0.6 is 27.5 Å². The van der Waals surface area contributed by atoms with E-state index in [1.807, 2.05) is 6.07 Å². The minimum Gasteiger partial charge on any atom is -0.369 e. The largest absolute Gasteiger partial charge is 0.369 e. The third-order valence-corrected chi connectivity index (χ3v) is 3.87. The number of pyridine rings is 1. The standard InChI is InChI=1S/C11H13BrClN3O/c12-8-1-2-10(13)15-9(8)6-16-4-3-7(5-16)11(14)17/h1-2,7H,3-6H2,(H2,14,17). The van der Waals surface area contributed by atoms with Crippen molar-refractivity contribution in [3.05, 3.63) is 27.5 Å². The summed E-state index contributed by atoms with van der Waals surface area (Å²) in [4.78, 5) is 17.5. The molecule has 2 heterocycles. The van der Waals surface area contributed by atoms with E-state index < -0.39 is 0 Å². The lowest BCUT2D eigenvalue weighted by Crippen LogP contribution is -2.27. The van der Waals surface area contributed by atoms with Crippen molar-refractivity contribution in [2.75, 3.05) is 13.1 Å². The average Bonchev–Trinajstić information content (AvgIpc) is 2.72. The lowest BCUT2D eigenvalue weighted by atomic mass is 10.1. The van der Waals surface area contributed by atoms with Crippen molar-refractivity contribution in [2.45, 2.75) is 13.0 Å². The van der Waals surface area contributed by atoms with Crippen LogP contribution in [0.5, 0.6) is 0 Å².